The van der Waals surface area contributed by atoms with Gasteiger partial charge in [0.15, 0.2) is 0 Å². The molecule has 0 saturated carbocycles. The molecule has 1 atom stereocenters. The number of rotatable bonds is 4. The number of hydrogen-bond acceptors (Lipinski definition) is 4. The molecule has 1 saturated heterocycles. The van der Waals surface area contributed by atoms with E-state index < -0.39 is 22.0 Å². The summed E-state index contributed by atoms with van der Waals surface area (Å²) in [5.41, 5.74) is 0. The van der Waals surface area contributed by atoms with Crippen molar-refractivity contribution >= 4 is 27.8 Å². The van der Waals surface area contributed by atoms with Crippen LogP contribution in [0.25, 0.3) is 0 Å². The lowest BCUT2D eigenvalue weighted by Crippen LogP contribution is -2.40. The smallest absolute Gasteiger partial charge is 0.322 e. The second-order valence-corrected chi connectivity index (χ2v) is 6.97. The Bertz CT molecular complexity index is 585. The Balaban J connectivity index is 2.45. The van der Waals surface area contributed by atoms with Gasteiger partial charge in [-0.25, -0.2) is 8.42 Å². The van der Waals surface area contributed by atoms with Crippen molar-refractivity contribution in [2.24, 2.45) is 0 Å². The van der Waals surface area contributed by atoms with Crippen LogP contribution in [-0.4, -0.2) is 42.6 Å². The predicted octanol–water partition coefficient (Wildman–Crippen LogP) is 1.65. The third kappa shape index (κ3) is 2.63. The summed E-state index contributed by atoms with van der Waals surface area (Å²) in [5.74, 6) is -1.08. The van der Waals surface area contributed by atoms with E-state index in [9.17, 15) is 13.2 Å². The van der Waals surface area contributed by atoms with Crippen molar-refractivity contribution in [3.8, 4) is 0 Å². The van der Waals surface area contributed by atoms with Gasteiger partial charge in [-0.2, -0.15) is 4.31 Å². The minimum absolute atomic E-state index is 0.190. The van der Waals surface area contributed by atoms with Gasteiger partial charge in [-0.1, -0.05) is 12.1 Å². The predicted molar refractivity (Wildman–Crippen MR) is 72.8 cm³/mol. The molecule has 0 unspecified atom stereocenters. The minimum Gasteiger partial charge on any atom is -0.480 e. The molecule has 1 N–H and O–H groups in total. The van der Waals surface area contributed by atoms with E-state index in [1.54, 1.807) is 24.5 Å². The van der Waals surface area contributed by atoms with E-state index in [0.29, 0.717) is 17.7 Å². The summed E-state index contributed by atoms with van der Waals surface area (Å²) in [6, 6.07) is 5.73. The third-order valence-corrected chi connectivity index (χ3v) is 6.04. The summed E-state index contributed by atoms with van der Waals surface area (Å²) in [4.78, 5) is 12.0. The van der Waals surface area contributed by atoms with Gasteiger partial charge in [0.05, 0.1) is 4.90 Å². The summed E-state index contributed by atoms with van der Waals surface area (Å²) >= 11 is 1.34. The van der Waals surface area contributed by atoms with E-state index >= 15 is 0 Å². The normalized spacial score (nSPS) is 20.6. The Morgan fingerprint density at radius 2 is 2.11 bits per heavy atom. The first kappa shape index (κ1) is 14.4. The lowest BCUT2D eigenvalue weighted by atomic mass is 10.2. The van der Waals surface area contributed by atoms with Gasteiger partial charge in [0.1, 0.15) is 6.04 Å². The zero-order valence-corrected chi connectivity index (χ0v) is 12.1. The van der Waals surface area contributed by atoms with Crippen LogP contribution in [0.15, 0.2) is 34.1 Å². The van der Waals surface area contributed by atoms with Gasteiger partial charge in [-0.15, -0.1) is 11.8 Å². The van der Waals surface area contributed by atoms with Crippen LogP contribution in [0.1, 0.15) is 12.8 Å². The molecule has 0 amide bonds. The zero-order chi connectivity index (χ0) is 14.0. The molecule has 19 heavy (non-hydrogen) atoms. The number of benzene rings is 1. The van der Waals surface area contributed by atoms with Crippen LogP contribution in [0.2, 0.25) is 0 Å². The molecule has 0 spiro atoms. The first-order valence-electron chi connectivity index (χ1n) is 5.86. The number of carbonyl (C=O) groups is 1. The molecule has 0 aliphatic carbocycles. The Labute approximate surface area is 116 Å². The molecule has 1 aromatic carbocycles. The van der Waals surface area contributed by atoms with Crippen LogP contribution in [0.3, 0.4) is 0 Å². The molecule has 104 valence electrons. The quantitative estimate of drug-likeness (QED) is 0.856. The Morgan fingerprint density at radius 3 is 2.74 bits per heavy atom. The molecule has 5 nitrogen and oxygen atoms in total. The highest BCUT2D eigenvalue weighted by atomic mass is 32.2. The summed E-state index contributed by atoms with van der Waals surface area (Å²) in [5, 5.41) is 9.11. The van der Waals surface area contributed by atoms with Crippen molar-refractivity contribution in [2.75, 3.05) is 12.8 Å². The molecule has 0 aromatic heterocycles. The summed E-state index contributed by atoms with van der Waals surface area (Å²) in [6.07, 6.45) is 2.75. The second-order valence-electron chi connectivity index (χ2n) is 4.26. The highest BCUT2D eigenvalue weighted by Gasteiger charge is 2.40. The zero-order valence-electron chi connectivity index (χ0n) is 10.4. The van der Waals surface area contributed by atoms with E-state index in [1.807, 2.05) is 0 Å². The van der Waals surface area contributed by atoms with E-state index in [0.717, 1.165) is 4.31 Å². The van der Waals surface area contributed by atoms with Crippen LogP contribution in [0.5, 0.6) is 0 Å². The maximum absolute atomic E-state index is 12.6. The van der Waals surface area contributed by atoms with Crippen LogP contribution in [0, 0.1) is 0 Å². The number of carboxylic acids is 1. The van der Waals surface area contributed by atoms with Crippen LogP contribution >= 0.6 is 11.8 Å². The maximum Gasteiger partial charge on any atom is 0.322 e. The van der Waals surface area contributed by atoms with Gasteiger partial charge in [0, 0.05) is 11.4 Å². The van der Waals surface area contributed by atoms with Gasteiger partial charge in [0.25, 0.3) is 0 Å². The Hall–Kier alpha value is -1.05. The fraction of sp³-hybridized carbons (Fsp3) is 0.417. The average molecular weight is 301 g/mol. The lowest BCUT2D eigenvalue weighted by Gasteiger charge is -2.22. The van der Waals surface area contributed by atoms with E-state index in [2.05, 4.69) is 0 Å². The number of carboxylic acid groups (broad SMARTS) is 1. The van der Waals surface area contributed by atoms with Crippen molar-refractivity contribution in [1.82, 2.24) is 4.31 Å². The second kappa shape index (κ2) is 5.52. The molecule has 1 aliphatic heterocycles. The van der Waals surface area contributed by atoms with E-state index in [1.165, 1.54) is 17.8 Å². The van der Waals surface area contributed by atoms with Crippen LogP contribution in [0.4, 0.5) is 0 Å². The van der Waals surface area contributed by atoms with Crippen molar-refractivity contribution in [1.29, 1.82) is 0 Å². The first-order chi connectivity index (χ1) is 8.98. The van der Waals surface area contributed by atoms with Gasteiger partial charge < -0.3 is 5.11 Å². The highest BCUT2D eigenvalue weighted by molar-refractivity contribution is 7.99. The third-order valence-electron chi connectivity index (χ3n) is 3.14. The van der Waals surface area contributed by atoms with E-state index in [4.69, 9.17) is 5.11 Å². The lowest BCUT2D eigenvalue weighted by molar-refractivity contribution is -0.140. The fourth-order valence-corrected chi connectivity index (χ4v) is 5.01. The number of nitrogens with zero attached hydrogens (tertiary/aromatic N) is 1. The first-order valence-corrected chi connectivity index (χ1v) is 8.52. The van der Waals surface area contributed by atoms with Crippen molar-refractivity contribution < 1.29 is 18.3 Å². The standard InChI is InChI=1S/C12H15NO4S2/c1-18-10-6-2-3-7-11(10)19(16,17)13-8-4-5-9(13)12(14)15/h2-3,6-7,9H,4-5,8H2,1H3,(H,14,15)/t9-/m1/s1. The van der Waals surface area contributed by atoms with Crippen LogP contribution in [-0.2, 0) is 14.8 Å². The van der Waals surface area contributed by atoms with Gasteiger partial charge in [-0.3, -0.25) is 4.79 Å². The van der Waals surface area contributed by atoms with Crippen molar-refractivity contribution in [2.45, 2.75) is 28.7 Å². The fourth-order valence-electron chi connectivity index (χ4n) is 2.23. The molecule has 1 aliphatic rings. The number of sulfonamides is 1. The maximum atomic E-state index is 12.6. The van der Waals surface area contributed by atoms with Gasteiger partial charge >= 0.3 is 5.97 Å². The molecule has 1 aromatic rings. The molecule has 0 radical (unpaired) electrons. The molecule has 1 fully saturated rings. The summed E-state index contributed by atoms with van der Waals surface area (Å²) in [7, 11) is -3.74. The Morgan fingerprint density at radius 1 is 1.42 bits per heavy atom. The van der Waals surface area contributed by atoms with Crippen LogP contribution < -0.4 is 0 Å². The largest absolute Gasteiger partial charge is 0.480 e. The molecule has 0 bridgehead atoms. The monoisotopic (exact) mass is 301 g/mol. The molecule has 1 heterocycles. The highest BCUT2D eigenvalue weighted by Crippen LogP contribution is 2.31. The SMILES string of the molecule is CSc1ccccc1S(=O)(=O)N1CCC[C@@H]1C(=O)O. The van der Waals surface area contributed by atoms with E-state index in [-0.39, 0.29) is 11.4 Å². The topological polar surface area (TPSA) is 74.7 Å². The average Bonchev–Trinajstić information content (AvgIpc) is 2.88. The van der Waals surface area contributed by atoms with Gasteiger partial charge in [-0.05, 0) is 31.2 Å². The van der Waals surface area contributed by atoms with Crippen molar-refractivity contribution in [3.05, 3.63) is 24.3 Å². The van der Waals surface area contributed by atoms with Crippen molar-refractivity contribution in [3.63, 3.8) is 0 Å². The summed E-state index contributed by atoms with van der Waals surface area (Å²) < 4.78 is 26.3. The molecular formula is C12H15NO4S2. The molecular weight excluding hydrogens is 286 g/mol. The van der Waals surface area contributed by atoms with Gasteiger partial charge in [0.2, 0.25) is 10.0 Å². The Kier molecular flexibility index (Phi) is 4.17. The molecule has 2 rings (SSSR count). The minimum atomic E-state index is -3.74. The number of thioether (sulfide) groups is 1. The summed E-state index contributed by atoms with van der Waals surface area (Å²) in [6.45, 7) is 0.266. The number of aliphatic carboxylic acids is 1. The number of hydrogen-bond donors (Lipinski definition) is 1. The molecule has 7 heteroatoms.